The Labute approximate surface area is 214 Å². The van der Waals surface area contributed by atoms with Crippen LogP contribution in [0.1, 0.15) is 16.8 Å². The van der Waals surface area contributed by atoms with E-state index in [1.807, 2.05) is 73.7 Å². The number of amides is 1. The van der Waals surface area contributed by atoms with E-state index in [0.717, 1.165) is 34.1 Å². The third-order valence-electron chi connectivity index (χ3n) is 6.28. The van der Waals surface area contributed by atoms with Crippen LogP contribution < -0.4 is 16.2 Å². The first-order valence-corrected chi connectivity index (χ1v) is 12.2. The van der Waals surface area contributed by atoms with Gasteiger partial charge in [-0.05, 0) is 36.6 Å². The van der Waals surface area contributed by atoms with E-state index in [2.05, 4.69) is 25.6 Å². The number of H-pyrrole nitrogens is 1. The second kappa shape index (κ2) is 10.9. The number of pyridine rings is 1. The Balaban J connectivity index is 1.36. The van der Waals surface area contributed by atoms with E-state index in [-0.39, 0.29) is 23.8 Å². The fourth-order valence-corrected chi connectivity index (χ4v) is 4.33. The number of benzene rings is 2. The topological polar surface area (TPSA) is 105 Å². The number of carbonyl (C=O) groups excluding carboxylic acids is 1. The van der Waals surface area contributed by atoms with Gasteiger partial charge in [-0.1, -0.05) is 54.6 Å². The van der Waals surface area contributed by atoms with E-state index < -0.39 is 0 Å². The predicted molar refractivity (Wildman–Crippen MR) is 145 cm³/mol. The number of nitrogens with one attached hydrogen (secondary N) is 3. The number of carbonyl (C=O) groups is 1. The zero-order valence-electron chi connectivity index (χ0n) is 20.6. The quantitative estimate of drug-likeness (QED) is 0.288. The molecule has 0 unspecified atom stereocenters. The number of anilines is 1. The number of aryl methyl sites for hydroxylation is 1. The summed E-state index contributed by atoms with van der Waals surface area (Å²) in [6.07, 6.45) is 5.90. The van der Waals surface area contributed by atoms with Crippen molar-refractivity contribution < 1.29 is 4.79 Å². The van der Waals surface area contributed by atoms with Crippen molar-refractivity contribution in [3.05, 3.63) is 112 Å². The molecule has 0 aliphatic rings. The lowest BCUT2D eigenvalue weighted by molar-refractivity contribution is -0.121. The number of rotatable bonds is 9. The molecule has 0 atom stereocenters. The minimum absolute atomic E-state index is 0.125. The minimum atomic E-state index is -0.333. The molecule has 5 aromatic rings. The molecule has 37 heavy (non-hydrogen) atoms. The summed E-state index contributed by atoms with van der Waals surface area (Å²) in [5, 5.41) is 7.05. The van der Waals surface area contributed by atoms with Gasteiger partial charge >= 0.3 is 0 Å². The molecule has 8 heteroatoms. The minimum Gasteiger partial charge on any atom is -0.365 e. The van der Waals surface area contributed by atoms with Gasteiger partial charge < -0.3 is 15.6 Å². The first-order valence-electron chi connectivity index (χ1n) is 12.2. The highest BCUT2D eigenvalue weighted by atomic mass is 16.2. The van der Waals surface area contributed by atoms with E-state index in [9.17, 15) is 9.59 Å². The van der Waals surface area contributed by atoms with Gasteiger partial charge in [-0.15, -0.1) is 0 Å². The van der Waals surface area contributed by atoms with Crippen molar-refractivity contribution in [2.45, 2.75) is 26.4 Å². The van der Waals surface area contributed by atoms with E-state index in [0.29, 0.717) is 18.8 Å². The normalized spacial score (nSPS) is 10.9. The average molecular weight is 493 g/mol. The molecule has 0 saturated heterocycles. The largest absolute Gasteiger partial charge is 0.365 e. The molecule has 0 aliphatic heterocycles. The van der Waals surface area contributed by atoms with Crippen LogP contribution in [0.25, 0.3) is 22.2 Å². The molecule has 3 N–H and O–H groups in total. The first kappa shape index (κ1) is 24.0. The Kier molecular flexibility index (Phi) is 7.07. The molecule has 3 aromatic heterocycles. The van der Waals surface area contributed by atoms with Crippen LogP contribution in [0.3, 0.4) is 0 Å². The van der Waals surface area contributed by atoms with Gasteiger partial charge in [-0.3, -0.25) is 19.1 Å². The van der Waals surface area contributed by atoms with Crippen LogP contribution in [-0.4, -0.2) is 32.0 Å². The number of nitrogens with zero attached hydrogens (tertiary/aromatic N) is 3. The average Bonchev–Trinajstić information content (AvgIpc) is 3.34. The Morgan fingerprint density at radius 2 is 1.84 bits per heavy atom. The maximum absolute atomic E-state index is 13.5. The zero-order valence-corrected chi connectivity index (χ0v) is 20.6. The monoisotopic (exact) mass is 492 g/mol. The van der Waals surface area contributed by atoms with Crippen molar-refractivity contribution in [2.75, 3.05) is 11.9 Å². The van der Waals surface area contributed by atoms with Gasteiger partial charge in [0.15, 0.2) is 5.82 Å². The molecule has 0 saturated carbocycles. The molecule has 0 aliphatic carbocycles. The van der Waals surface area contributed by atoms with Crippen LogP contribution in [0, 0.1) is 6.92 Å². The van der Waals surface area contributed by atoms with Crippen molar-refractivity contribution in [1.29, 1.82) is 0 Å². The van der Waals surface area contributed by atoms with Crippen LogP contribution in [0.4, 0.5) is 5.82 Å². The highest BCUT2D eigenvalue weighted by molar-refractivity contribution is 5.80. The van der Waals surface area contributed by atoms with Gasteiger partial charge in [0.2, 0.25) is 5.91 Å². The Hall–Kier alpha value is -4.72. The number of aromatic nitrogens is 4. The van der Waals surface area contributed by atoms with Gasteiger partial charge in [-0.2, -0.15) is 0 Å². The third kappa shape index (κ3) is 5.59. The van der Waals surface area contributed by atoms with E-state index in [1.165, 1.54) is 10.1 Å². The van der Waals surface area contributed by atoms with Crippen LogP contribution in [0.5, 0.6) is 0 Å². The first-order chi connectivity index (χ1) is 18.1. The standard InChI is InChI=1S/C29H28N6O2/c1-20-7-5-6-10-24(20)26-18-33-28(31-14-11-21-8-3-2-4-9-21)29(37)35(26)19-27(36)32-17-23-15-22-16-30-13-12-25(22)34-23/h2-10,12-13,15-16,18,34H,11,14,17,19H2,1H3,(H,31,33)(H,32,36). The summed E-state index contributed by atoms with van der Waals surface area (Å²) in [5.74, 6) is -0.0423. The molecule has 0 spiro atoms. The molecule has 8 nitrogen and oxygen atoms in total. The lowest BCUT2D eigenvalue weighted by atomic mass is 10.1. The second-order valence-electron chi connectivity index (χ2n) is 8.89. The maximum atomic E-state index is 13.5. The predicted octanol–water partition coefficient (Wildman–Crippen LogP) is 4.07. The summed E-state index contributed by atoms with van der Waals surface area (Å²) >= 11 is 0. The summed E-state index contributed by atoms with van der Waals surface area (Å²) < 4.78 is 1.49. The van der Waals surface area contributed by atoms with E-state index >= 15 is 0 Å². The van der Waals surface area contributed by atoms with Crippen molar-refractivity contribution in [1.82, 2.24) is 24.8 Å². The summed E-state index contributed by atoms with van der Waals surface area (Å²) in [7, 11) is 0. The molecular weight excluding hydrogens is 464 g/mol. The van der Waals surface area contributed by atoms with E-state index in [4.69, 9.17) is 0 Å². The van der Waals surface area contributed by atoms with Gasteiger partial charge in [0.1, 0.15) is 6.54 Å². The molecule has 186 valence electrons. The number of aromatic amines is 1. The van der Waals surface area contributed by atoms with Crippen molar-refractivity contribution in [3.63, 3.8) is 0 Å². The molecular formula is C29H28N6O2. The lowest BCUT2D eigenvalue weighted by Crippen LogP contribution is -2.34. The smallest absolute Gasteiger partial charge is 0.294 e. The van der Waals surface area contributed by atoms with Crippen LogP contribution in [0.2, 0.25) is 0 Å². The van der Waals surface area contributed by atoms with Crippen LogP contribution in [0.15, 0.2) is 90.1 Å². The molecule has 3 heterocycles. The summed E-state index contributed by atoms with van der Waals surface area (Å²) in [4.78, 5) is 38.3. The van der Waals surface area contributed by atoms with Gasteiger partial charge in [-0.25, -0.2) is 4.98 Å². The summed E-state index contributed by atoms with van der Waals surface area (Å²) in [6.45, 7) is 2.72. The molecule has 0 radical (unpaired) electrons. The zero-order chi connectivity index (χ0) is 25.6. The Morgan fingerprint density at radius 3 is 2.65 bits per heavy atom. The van der Waals surface area contributed by atoms with Crippen molar-refractivity contribution >= 4 is 22.6 Å². The molecule has 0 bridgehead atoms. The van der Waals surface area contributed by atoms with Gasteiger partial charge in [0.25, 0.3) is 5.56 Å². The number of hydrogen-bond donors (Lipinski definition) is 3. The summed E-state index contributed by atoms with van der Waals surface area (Å²) in [5.41, 5.74) is 5.11. The second-order valence-corrected chi connectivity index (χ2v) is 8.89. The van der Waals surface area contributed by atoms with E-state index in [1.54, 1.807) is 18.6 Å². The maximum Gasteiger partial charge on any atom is 0.294 e. The SMILES string of the molecule is Cc1ccccc1-c1cnc(NCCc2ccccc2)c(=O)n1CC(=O)NCc1cc2cnccc2[nH]1. The van der Waals surface area contributed by atoms with Crippen LogP contribution >= 0.6 is 0 Å². The highest BCUT2D eigenvalue weighted by Gasteiger charge is 2.16. The Morgan fingerprint density at radius 1 is 1.03 bits per heavy atom. The molecule has 0 fully saturated rings. The Bertz CT molecular complexity index is 1560. The van der Waals surface area contributed by atoms with Gasteiger partial charge in [0.05, 0.1) is 18.4 Å². The number of hydrogen-bond acceptors (Lipinski definition) is 5. The molecule has 5 rings (SSSR count). The van der Waals surface area contributed by atoms with Gasteiger partial charge in [0, 0.05) is 41.1 Å². The van der Waals surface area contributed by atoms with Crippen molar-refractivity contribution in [3.8, 4) is 11.3 Å². The third-order valence-corrected chi connectivity index (χ3v) is 6.28. The lowest BCUT2D eigenvalue weighted by Gasteiger charge is -2.16. The molecule has 1 amide bonds. The fourth-order valence-electron chi connectivity index (χ4n) is 4.33. The molecule has 2 aromatic carbocycles. The van der Waals surface area contributed by atoms with Crippen LogP contribution in [-0.2, 0) is 24.3 Å². The fraction of sp³-hybridized carbons (Fsp3) is 0.172. The van der Waals surface area contributed by atoms with Crippen molar-refractivity contribution in [2.24, 2.45) is 0 Å². The highest BCUT2D eigenvalue weighted by Crippen LogP contribution is 2.22. The summed E-state index contributed by atoms with van der Waals surface area (Å²) in [6, 6.07) is 21.6. The number of fused-ring (bicyclic) bond motifs is 1.